The highest BCUT2D eigenvalue weighted by molar-refractivity contribution is 8.00. The van der Waals surface area contributed by atoms with Crippen molar-refractivity contribution in [1.29, 1.82) is 0 Å². The molecular formula is C16H18N2OS2. The lowest BCUT2D eigenvalue weighted by atomic mass is 10.1. The van der Waals surface area contributed by atoms with E-state index in [0.717, 1.165) is 24.4 Å². The van der Waals surface area contributed by atoms with Crippen molar-refractivity contribution >= 4 is 29.0 Å². The molecule has 2 aromatic rings. The predicted molar refractivity (Wildman–Crippen MR) is 87.6 cm³/mol. The highest BCUT2D eigenvalue weighted by Gasteiger charge is 2.32. The second-order valence-corrected chi connectivity index (χ2v) is 7.32. The maximum atomic E-state index is 12.7. The molecule has 0 spiro atoms. The zero-order chi connectivity index (χ0) is 14.7. The monoisotopic (exact) mass is 318 g/mol. The standard InChI is InChI=1S/C16H18N2OS2/c1-12(21-15-6-2-3-8-17-15)16(19)18-9-4-5-14(18)13-7-10-20-11-13/h2-3,6-8,10-12,14H,4-5,9H2,1H3/t12-,14-/m0/s1. The number of nitrogens with zero attached hydrogens (tertiary/aromatic N) is 2. The number of pyridine rings is 1. The van der Waals surface area contributed by atoms with Crippen LogP contribution in [0.5, 0.6) is 0 Å². The van der Waals surface area contributed by atoms with Crippen molar-refractivity contribution in [3.05, 3.63) is 46.8 Å². The molecule has 0 aliphatic carbocycles. The van der Waals surface area contributed by atoms with Crippen molar-refractivity contribution in [2.24, 2.45) is 0 Å². The summed E-state index contributed by atoms with van der Waals surface area (Å²) in [6.45, 7) is 2.84. The van der Waals surface area contributed by atoms with E-state index in [1.165, 1.54) is 17.3 Å². The Morgan fingerprint density at radius 3 is 3.10 bits per heavy atom. The number of hydrogen-bond donors (Lipinski definition) is 0. The Balaban J connectivity index is 1.69. The number of rotatable bonds is 4. The summed E-state index contributed by atoms with van der Waals surface area (Å²) in [6, 6.07) is 8.20. The lowest BCUT2D eigenvalue weighted by Gasteiger charge is -2.26. The maximum absolute atomic E-state index is 12.7. The van der Waals surface area contributed by atoms with Crippen LogP contribution in [0.2, 0.25) is 0 Å². The fourth-order valence-corrected chi connectivity index (χ4v) is 4.31. The van der Waals surface area contributed by atoms with Crippen molar-refractivity contribution in [1.82, 2.24) is 9.88 Å². The number of carbonyl (C=O) groups excluding carboxylic acids is 1. The third kappa shape index (κ3) is 3.30. The topological polar surface area (TPSA) is 33.2 Å². The second kappa shape index (κ2) is 6.62. The largest absolute Gasteiger partial charge is 0.335 e. The van der Waals surface area contributed by atoms with E-state index < -0.39 is 0 Å². The molecule has 1 aliphatic rings. The van der Waals surface area contributed by atoms with Gasteiger partial charge in [0.1, 0.15) is 0 Å². The van der Waals surface area contributed by atoms with Gasteiger partial charge in [0.25, 0.3) is 0 Å². The quantitative estimate of drug-likeness (QED) is 0.799. The Bertz CT molecular complexity index is 586. The summed E-state index contributed by atoms with van der Waals surface area (Å²) in [7, 11) is 0. The average Bonchev–Trinajstić information content (AvgIpc) is 3.18. The van der Waals surface area contributed by atoms with Gasteiger partial charge in [-0.3, -0.25) is 4.79 Å². The van der Waals surface area contributed by atoms with E-state index in [2.05, 4.69) is 21.8 Å². The van der Waals surface area contributed by atoms with Crippen LogP contribution in [-0.2, 0) is 4.79 Å². The molecule has 1 saturated heterocycles. The van der Waals surface area contributed by atoms with Crippen molar-refractivity contribution in [3.63, 3.8) is 0 Å². The normalized spacial score (nSPS) is 19.7. The molecular weight excluding hydrogens is 300 g/mol. The number of amides is 1. The van der Waals surface area contributed by atoms with Gasteiger partial charge in [-0.05, 0) is 54.3 Å². The molecule has 1 fully saturated rings. The van der Waals surface area contributed by atoms with Crippen LogP contribution >= 0.6 is 23.1 Å². The molecule has 1 amide bonds. The van der Waals surface area contributed by atoms with Crippen LogP contribution in [0.25, 0.3) is 0 Å². The highest BCUT2D eigenvalue weighted by atomic mass is 32.2. The summed E-state index contributed by atoms with van der Waals surface area (Å²) < 4.78 is 0. The van der Waals surface area contributed by atoms with E-state index in [4.69, 9.17) is 0 Å². The van der Waals surface area contributed by atoms with Crippen LogP contribution in [0.4, 0.5) is 0 Å². The first-order chi connectivity index (χ1) is 10.3. The number of likely N-dealkylation sites (tertiary alicyclic amines) is 1. The SMILES string of the molecule is C[C@H](Sc1ccccn1)C(=O)N1CCC[C@H]1c1ccsc1. The van der Waals surface area contributed by atoms with Gasteiger partial charge in [0.2, 0.25) is 5.91 Å². The van der Waals surface area contributed by atoms with Gasteiger partial charge in [0.15, 0.2) is 0 Å². The number of thioether (sulfide) groups is 1. The number of aromatic nitrogens is 1. The molecule has 21 heavy (non-hydrogen) atoms. The average molecular weight is 318 g/mol. The number of thiophene rings is 1. The smallest absolute Gasteiger partial charge is 0.236 e. The maximum Gasteiger partial charge on any atom is 0.236 e. The summed E-state index contributed by atoms with van der Waals surface area (Å²) in [4.78, 5) is 19.1. The number of carbonyl (C=O) groups is 1. The van der Waals surface area contributed by atoms with E-state index in [1.54, 1.807) is 17.5 Å². The third-order valence-electron chi connectivity index (χ3n) is 3.75. The van der Waals surface area contributed by atoms with E-state index in [0.29, 0.717) is 0 Å². The molecule has 0 aromatic carbocycles. The summed E-state index contributed by atoms with van der Waals surface area (Å²) in [5.41, 5.74) is 1.28. The lowest BCUT2D eigenvalue weighted by Crippen LogP contribution is -2.36. The fraction of sp³-hybridized carbons (Fsp3) is 0.375. The second-order valence-electron chi connectivity index (χ2n) is 5.17. The Hall–Kier alpha value is -1.33. The summed E-state index contributed by atoms with van der Waals surface area (Å²) in [5, 5.41) is 5.05. The molecule has 2 atom stereocenters. The van der Waals surface area contributed by atoms with Crippen LogP contribution < -0.4 is 0 Å². The Morgan fingerprint density at radius 1 is 1.48 bits per heavy atom. The van der Waals surface area contributed by atoms with Crippen molar-refractivity contribution in [2.45, 2.75) is 36.1 Å². The van der Waals surface area contributed by atoms with Crippen LogP contribution in [0.3, 0.4) is 0 Å². The van der Waals surface area contributed by atoms with Crippen LogP contribution in [-0.4, -0.2) is 27.6 Å². The predicted octanol–water partition coefficient (Wildman–Crippen LogP) is 3.99. The van der Waals surface area contributed by atoms with Crippen LogP contribution in [0.1, 0.15) is 31.4 Å². The van der Waals surface area contributed by atoms with Gasteiger partial charge in [-0.25, -0.2) is 4.98 Å². The molecule has 3 rings (SSSR count). The van der Waals surface area contributed by atoms with Gasteiger partial charge in [-0.1, -0.05) is 17.8 Å². The molecule has 0 N–H and O–H groups in total. The van der Waals surface area contributed by atoms with Crippen LogP contribution in [0.15, 0.2) is 46.2 Å². The van der Waals surface area contributed by atoms with E-state index in [9.17, 15) is 4.79 Å². The van der Waals surface area contributed by atoms with Gasteiger partial charge in [0.05, 0.1) is 16.3 Å². The van der Waals surface area contributed by atoms with Crippen molar-refractivity contribution in [3.8, 4) is 0 Å². The zero-order valence-corrected chi connectivity index (χ0v) is 13.6. The van der Waals surface area contributed by atoms with Gasteiger partial charge in [0, 0.05) is 12.7 Å². The summed E-state index contributed by atoms with van der Waals surface area (Å²) in [6.07, 6.45) is 3.93. The molecule has 0 bridgehead atoms. The van der Waals surface area contributed by atoms with Gasteiger partial charge < -0.3 is 4.90 Å². The summed E-state index contributed by atoms with van der Waals surface area (Å²) in [5.74, 6) is 0.222. The Morgan fingerprint density at radius 2 is 2.38 bits per heavy atom. The summed E-state index contributed by atoms with van der Waals surface area (Å²) >= 11 is 3.24. The minimum Gasteiger partial charge on any atom is -0.335 e. The molecule has 0 unspecified atom stereocenters. The van der Waals surface area contributed by atoms with Crippen molar-refractivity contribution in [2.75, 3.05) is 6.54 Å². The van der Waals surface area contributed by atoms with Gasteiger partial charge >= 0.3 is 0 Å². The zero-order valence-electron chi connectivity index (χ0n) is 11.9. The van der Waals surface area contributed by atoms with Gasteiger partial charge in [-0.2, -0.15) is 11.3 Å². The van der Waals surface area contributed by atoms with E-state index in [1.807, 2.05) is 30.0 Å². The first-order valence-electron chi connectivity index (χ1n) is 7.16. The molecule has 0 saturated carbocycles. The molecule has 3 heterocycles. The molecule has 5 heteroatoms. The van der Waals surface area contributed by atoms with E-state index >= 15 is 0 Å². The Kier molecular flexibility index (Phi) is 4.60. The first-order valence-corrected chi connectivity index (χ1v) is 8.98. The fourth-order valence-electron chi connectivity index (χ4n) is 2.72. The molecule has 3 nitrogen and oxygen atoms in total. The Labute approximate surface area is 133 Å². The van der Waals surface area contributed by atoms with Gasteiger partial charge in [-0.15, -0.1) is 0 Å². The minimum absolute atomic E-state index is 0.0980. The van der Waals surface area contributed by atoms with Crippen molar-refractivity contribution < 1.29 is 4.79 Å². The molecule has 2 aromatic heterocycles. The highest BCUT2D eigenvalue weighted by Crippen LogP contribution is 2.35. The third-order valence-corrected chi connectivity index (χ3v) is 5.49. The molecule has 0 radical (unpaired) electrons. The minimum atomic E-state index is -0.0980. The number of hydrogen-bond acceptors (Lipinski definition) is 4. The molecule has 1 aliphatic heterocycles. The first kappa shape index (κ1) is 14.6. The van der Waals surface area contributed by atoms with E-state index in [-0.39, 0.29) is 17.2 Å². The molecule has 110 valence electrons. The van der Waals surface area contributed by atoms with Crippen LogP contribution in [0, 0.1) is 0 Å². The lowest BCUT2D eigenvalue weighted by molar-refractivity contribution is -0.131.